The van der Waals surface area contributed by atoms with E-state index in [2.05, 4.69) is 9.98 Å². The number of carbonyl (C=O) groups is 1. The van der Waals surface area contributed by atoms with Gasteiger partial charge in [0.25, 0.3) is 5.91 Å². The van der Waals surface area contributed by atoms with Crippen LogP contribution in [0.15, 0.2) is 41.5 Å². The highest BCUT2D eigenvalue weighted by atomic mass is 16.5. The summed E-state index contributed by atoms with van der Waals surface area (Å²) in [5.41, 5.74) is 13.3. The van der Waals surface area contributed by atoms with Crippen LogP contribution in [0.1, 0.15) is 35.3 Å². The first-order valence-corrected chi connectivity index (χ1v) is 7.26. The lowest BCUT2D eigenvalue weighted by Crippen LogP contribution is -2.16. The molecule has 1 aromatic carbocycles. The lowest BCUT2D eigenvalue weighted by molar-refractivity contribution is 0.100. The molecule has 0 aliphatic rings. The van der Waals surface area contributed by atoms with E-state index in [-0.39, 0.29) is 11.7 Å². The number of nitrogens with zero attached hydrogens (tertiary/aromatic N) is 2. The van der Waals surface area contributed by atoms with Gasteiger partial charge in [-0.25, -0.2) is 4.98 Å². The predicted molar refractivity (Wildman–Crippen MR) is 92.8 cm³/mol. The summed E-state index contributed by atoms with van der Waals surface area (Å²) >= 11 is 0. The number of amidine groups is 1. The Hall–Kier alpha value is -2.89. The molecule has 0 saturated heterocycles. The molecular formula is C17H22N4O2. The zero-order valence-corrected chi connectivity index (χ0v) is 13.8. The summed E-state index contributed by atoms with van der Waals surface area (Å²) < 4.78 is 5.22. The van der Waals surface area contributed by atoms with Crippen LogP contribution in [0, 0.1) is 6.92 Å². The predicted octanol–water partition coefficient (Wildman–Crippen LogP) is 2.55. The van der Waals surface area contributed by atoms with Crippen molar-refractivity contribution < 1.29 is 9.53 Å². The number of benzene rings is 1. The van der Waals surface area contributed by atoms with Gasteiger partial charge in [-0.2, -0.15) is 4.99 Å². The number of hydrogen-bond acceptors (Lipinski definition) is 4. The quantitative estimate of drug-likeness (QED) is 0.669. The molecule has 2 rings (SSSR count). The lowest BCUT2D eigenvalue weighted by atomic mass is 10.1. The molecule has 6 heteroatoms. The number of carbonyl (C=O) groups excluding carboxylic acids is 1. The van der Waals surface area contributed by atoms with Crippen LogP contribution in [-0.2, 0) is 0 Å². The molecule has 0 saturated carbocycles. The number of methoxy groups -OCH3 is 1. The van der Waals surface area contributed by atoms with Crippen LogP contribution in [0.25, 0.3) is 0 Å². The van der Waals surface area contributed by atoms with Gasteiger partial charge in [0.15, 0.2) is 0 Å². The van der Waals surface area contributed by atoms with Crippen molar-refractivity contribution in [1.82, 2.24) is 4.98 Å². The van der Waals surface area contributed by atoms with Crippen molar-refractivity contribution in [2.45, 2.75) is 20.8 Å². The monoisotopic (exact) mass is 314 g/mol. The van der Waals surface area contributed by atoms with Crippen LogP contribution in [0.4, 0.5) is 5.82 Å². The molecule has 6 nitrogen and oxygen atoms in total. The van der Waals surface area contributed by atoms with Crippen molar-refractivity contribution in [2.24, 2.45) is 10.7 Å². The van der Waals surface area contributed by atoms with Gasteiger partial charge in [-0.1, -0.05) is 26.0 Å². The molecule has 0 aliphatic carbocycles. The molecule has 2 aromatic rings. The molecule has 0 aliphatic heterocycles. The van der Waals surface area contributed by atoms with Crippen LogP contribution < -0.4 is 16.2 Å². The Labute approximate surface area is 136 Å². The van der Waals surface area contributed by atoms with Crippen LogP contribution in [-0.4, -0.2) is 23.8 Å². The van der Waals surface area contributed by atoms with Crippen molar-refractivity contribution in [1.29, 1.82) is 0 Å². The third kappa shape index (κ3) is 4.81. The minimum Gasteiger partial charge on any atom is -0.496 e. The molecule has 0 spiro atoms. The number of nitrogen functional groups attached to an aromatic ring is 1. The molecule has 0 bridgehead atoms. The van der Waals surface area contributed by atoms with Crippen molar-refractivity contribution in [3.05, 3.63) is 53.2 Å². The average Bonchev–Trinajstić information content (AvgIpc) is 2.57. The number of anilines is 1. The fourth-order valence-electron chi connectivity index (χ4n) is 1.80. The van der Waals surface area contributed by atoms with Crippen molar-refractivity contribution in [3.8, 4) is 5.75 Å². The third-order valence-electron chi connectivity index (χ3n) is 2.95. The zero-order valence-electron chi connectivity index (χ0n) is 13.8. The second-order valence-corrected chi connectivity index (χ2v) is 4.46. The van der Waals surface area contributed by atoms with Crippen LogP contribution >= 0.6 is 0 Å². The zero-order chi connectivity index (χ0) is 17.4. The molecule has 0 fully saturated rings. The SMILES string of the molecule is CC.COc1cc(C(N)=NC(=O)c2ccnc(N)c2)ccc1C. The van der Waals surface area contributed by atoms with E-state index in [0.717, 1.165) is 5.56 Å². The third-order valence-corrected chi connectivity index (χ3v) is 2.95. The first-order chi connectivity index (χ1) is 11.0. The molecule has 1 amide bonds. The van der Waals surface area contributed by atoms with E-state index in [4.69, 9.17) is 16.2 Å². The number of amides is 1. The van der Waals surface area contributed by atoms with E-state index in [0.29, 0.717) is 16.9 Å². The van der Waals surface area contributed by atoms with Gasteiger partial charge < -0.3 is 16.2 Å². The summed E-state index contributed by atoms with van der Waals surface area (Å²) in [6, 6.07) is 8.36. The smallest absolute Gasteiger partial charge is 0.279 e. The molecule has 1 heterocycles. The van der Waals surface area contributed by atoms with E-state index < -0.39 is 5.91 Å². The highest BCUT2D eigenvalue weighted by Crippen LogP contribution is 2.19. The topological polar surface area (TPSA) is 104 Å². The second kappa shape index (κ2) is 8.53. The van der Waals surface area contributed by atoms with Gasteiger partial charge >= 0.3 is 0 Å². The van der Waals surface area contributed by atoms with Gasteiger partial charge in [0.05, 0.1) is 7.11 Å². The number of ether oxygens (including phenoxy) is 1. The fraction of sp³-hybridized carbons (Fsp3) is 0.235. The molecule has 0 atom stereocenters. The highest BCUT2D eigenvalue weighted by molar-refractivity contribution is 6.09. The van der Waals surface area contributed by atoms with E-state index in [1.165, 1.54) is 18.3 Å². The Morgan fingerprint density at radius 2 is 1.87 bits per heavy atom. The normalized spacial score (nSPS) is 10.5. The minimum absolute atomic E-state index is 0.119. The lowest BCUT2D eigenvalue weighted by Gasteiger charge is -2.07. The summed E-state index contributed by atoms with van der Waals surface area (Å²) in [4.78, 5) is 19.7. The Bertz CT molecular complexity index is 711. The summed E-state index contributed by atoms with van der Waals surface area (Å²) in [5.74, 6) is 0.590. The fourth-order valence-corrected chi connectivity index (χ4v) is 1.80. The van der Waals surface area contributed by atoms with Gasteiger partial charge in [0.2, 0.25) is 0 Å². The van der Waals surface area contributed by atoms with Crippen molar-refractivity contribution in [3.63, 3.8) is 0 Å². The maximum absolute atomic E-state index is 12.0. The van der Waals surface area contributed by atoms with E-state index in [1.54, 1.807) is 19.2 Å². The summed E-state index contributed by atoms with van der Waals surface area (Å²) in [7, 11) is 1.57. The Morgan fingerprint density at radius 1 is 1.17 bits per heavy atom. The number of nitrogens with two attached hydrogens (primary N) is 2. The largest absolute Gasteiger partial charge is 0.496 e. The second-order valence-electron chi connectivity index (χ2n) is 4.46. The standard InChI is InChI=1S/C15H16N4O2.C2H6/c1-9-3-4-10(7-12(9)21-2)14(17)19-15(20)11-5-6-18-13(16)8-11;1-2/h3-8H,1-2H3,(H2,16,18)(H2,17,19,20);1-2H3. The number of hydrogen-bond donors (Lipinski definition) is 2. The van der Waals surface area contributed by atoms with Gasteiger partial charge in [-0.15, -0.1) is 0 Å². The van der Waals surface area contributed by atoms with Gasteiger partial charge in [-0.05, 0) is 30.7 Å². The number of aliphatic imine (C=N–C) groups is 1. The Kier molecular flexibility index (Phi) is 6.73. The molecule has 1 aromatic heterocycles. The van der Waals surface area contributed by atoms with Gasteiger partial charge in [0.1, 0.15) is 17.4 Å². The highest BCUT2D eigenvalue weighted by Gasteiger charge is 2.08. The van der Waals surface area contributed by atoms with Crippen molar-refractivity contribution >= 4 is 17.6 Å². The molecule has 0 radical (unpaired) electrons. The van der Waals surface area contributed by atoms with Crippen LogP contribution in [0.3, 0.4) is 0 Å². The molecule has 23 heavy (non-hydrogen) atoms. The minimum atomic E-state index is -0.471. The van der Waals surface area contributed by atoms with Crippen molar-refractivity contribution in [2.75, 3.05) is 12.8 Å². The van der Waals surface area contributed by atoms with Gasteiger partial charge in [-0.3, -0.25) is 4.79 Å². The van der Waals surface area contributed by atoms with E-state index in [1.807, 2.05) is 26.8 Å². The molecule has 0 unspecified atom stereocenters. The maximum Gasteiger partial charge on any atom is 0.279 e. The summed E-state index contributed by atoms with van der Waals surface area (Å²) in [6.07, 6.45) is 1.45. The molecule has 4 N–H and O–H groups in total. The Balaban J connectivity index is 0.00000127. The first-order valence-electron chi connectivity index (χ1n) is 7.26. The van der Waals surface area contributed by atoms with E-state index in [9.17, 15) is 4.79 Å². The summed E-state index contributed by atoms with van der Waals surface area (Å²) in [5, 5.41) is 0. The first kappa shape index (κ1) is 18.2. The average molecular weight is 314 g/mol. The Morgan fingerprint density at radius 3 is 2.48 bits per heavy atom. The molecular weight excluding hydrogens is 292 g/mol. The van der Waals surface area contributed by atoms with Crippen LogP contribution in [0.5, 0.6) is 5.75 Å². The molecule has 122 valence electrons. The van der Waals surface area contributed by atoms with Crippen LogP contribution in [0.2, 0.25) is 0 Å². The van der Waals surface area contributed by atoms with E-state index >= 15 is 0 Å². The van der Waals surface area contributed by atoms with Gasteiger partial charge in [0, 0.05) is 17.3 Å². The number of pyridine rings is 1. The maximum atomic E-state index is 12.0. The number of rotatable bonds is 3. The number of aromatic nitrogens is 1. The summed E-state index contributed by atoms with van der Waals surface area (Å²) in [6.45, 7) is 5.92. The number of aryl methyl sites for hydroxylation is 1.